The first-order valence-corrected chi connectivity index (χ1v) is 11.9. The van der Waals surface area contributed by atoms with Crippen LogP contribution >= 0.6 is 0 Å². The Hall–Kier alpha value is -2.38. The highest BCUT2D eigenvalue weighted by atomic mass is 16.5. The zero-order valence-corrected chi connectivity index (χ0v) is 19.4. The minimum absolute atomic E-state index is 0.0967. The van der Waals surface area contributed by atoms with Crippen molar-refractivity contribution < 1.29 is 14.3 Å². The van der Waals surface area contributed by atoms with Gasteiger partial charge in [0.1, 0.15) is 12.4 Å². The number of ether oxygens (including phenoxy) is 2. The summed E-state index contributed by atoms with van der Waals surface area (Å²) in [6.45, 7) is 7.84. The molecular formula is C25H36N4O3. The molecular weight excluding hydrogens is 404 g/mol. The maximum Gasteiger partial charge on any atom is 0.254 e. The van der Waals surface area contributed by atoms with Gasteiger partial charge < -0.3 is 14.4 Å². The molecule has 32 heavy (non-hydrogen) atoms. The number of hydrogen-bond acceptors (Lipinski definition) is 5. The minimum atomic E-state index is 0.0967. The summed E-state index contributed by atoms with van der Waals surface area (Å²) < 4.78 is 13.8. The monoisotopic (exact) mass is 440 g/mol. The molecule has 0 radical (unpaired) electrons. The average Bonchev–Trinajstić information content (AvgIpc) is 3.28. The molecule has 0 aliphatic carbocycles. The van der Waals surface area contributed by atoms with Crippen molar-refractivity contribution in [3.8, 4) is 5.75 Å². The van der Waals surface area contributed by atoms with E-state index in [1.54, 1.807) is 7.11 Å². The number of carbonyl (C=O) groups excluding carboxylic acids is 1. The summed E-state index contributed by atoms with van der Waals surface area (Å²) in [4.78, 5) is 17.6. The number of amides is 1. The van der Waals surface area contributed by atoms with Crippen molar-refractivity contribution >= 4 is 5.91 Å². The third kappa shape index (κ3) is 5.70. The van der Waals surface area contributed by atoms with Crippen LogP contribution in [0.3, 0.4) is 0 Å². The SMILES string of the molecule is CCn1cc(CN2CCCC[C@H]3CN(CC[C@H]3OC)C(=O)c3cccc(c3)OCC2)cn1. The minimum Gasteiger partial charge on any atom is -0.492 e. The van der Waals surface area contributed by atoms with E-state index >= 15 is 0 Å². The van der Waals surface area contributed by atoms with Gasteiger partial charge in [0.2, 0.25) is 0 Å². The van der Waals surface area contributed by atoms with Crippen LogP contribution in [-0.4, -0.2) is 71.5 Å². The summed E-state index contributed by atoms with van der Waals surface area (Å²) in [6, 6.07) is 7.62. The molecule has 1 saturated heterocycles. The van der Waals surface area contributed by atoms with Crippen molar-refractivity contribution in [3.63, 3.8) is 0 Å². The van der Waals surface area contributed by atoms with Gasteiger partial charge in [0.15, 0.2) is 0 Å². The number of hydrogen-bond donors (Lipinski definition) is 0. The molecule has 7 heteroatoms. The maximum absolute atomic E-state index is 13.1. The van der Waals surface area contributed by atoms with Crippen molar-refractivity contribution in [2.24, 2.45) is 5.92 Å². The van der Waals surface area contributed by atoms with Crippen LogP contribution < -0.4 is 4.74 Å². The van der Waals surface area contributed by atoms with Crippen molar-refractivity contribution in [3.05, 3.63) is 47.8 Å². The Morgan fingerprint density at radius 3 is 2.91 bits per heavy atom. The fraction of sp³-hybridized carbons (Fsp3) is 0.600. The molecule has 4 bridgehead atoms. The van der Waals surface area contributed by atoms with Crippen LogP contribution in [-0.2, 0) is 17.8 Å². The third-order valence-corrected chi connectivity index (χ3v) is 6.73. The summed E-state index contributed by atoms with van der Waals surface area (Å²) in [5.74, 6) is 1.24. The first kappa shape index (κ1) is 22.8. The van der Waals surface area contributed by atoms with Crippen LogP contribution in [0.1, 0.15) is 48.5 Å². The lowest BCUT2D eigenvalue weighted by molar-refractivity contribution is -0.00676. The first-order chi connectivity index (χ1) is 15.7. The van der Waals surface area contributed by atoms with Gasteiger partial charge in [0, 0.05) is 63.1 Å². The van der Waals surface area contributed by atoms with E-state index < -0.39 is 0 Å². The number of aromatic nitrogens is 2. The zero-order chi connectivity index (χ0) is 22.3. The van der Waals surface area contributed by atoms with Crippen molar-refractivity contribution in [1.82, 2.24) is 19.6 Å². The van der Waals surface area contributed by atoms with Crippen LogP contribution in [0.5, 0.6) is 5.75 Å². The van der Waals surface area contributed by atoms with E-state index in [9.17, 15) is 4.79 Å². The van der Waals surface area contributed by atoms with Crippen LogP contribution in [0.15, 0.2) is 36.7 Å². The Kier molecular flexibility index (Phi) is 7.81. The molecule has 2 aliphatic rings. The molecule has 2 aromatic rings. The van der Waals surface area contributed by atoms with E-state index in [1.807, 2.05) is 40.0 Å². The lowest BCUT2D eigenvalue weighted by atomic mass is 9.89. The van der Waals surface area contributed by atoms with Crippen LogP contribution in [0.4, 0.5) is 0 Å². The van der Waals surface area contributed by atoms with Crippen molar-refractivity contribution in [1.29, 1.82) is 0 Å². The van der Waals surface area contributed by atoms with Gasteiger partial charge >= 0.3 is 0 Å². The van der Waals surface area contributed by atoms with Gasteiger partial charge in [-0.2, -0.15) is 5.10 Å². The second-order valence-electron chi connectivity index (χ2n) is 8.93. The number of benzene rings is 1. The third-order valence-electron chi connectivity index (χ3n) is 6.73. The highest BCUT2D eigenvalue weighted by Gasteiger charge is 2.31. The molecule has 174 valence electrons. The summed E-state index contributed by atoms with van der Waals surface area (Å²) in [5.41, 5.74) is 1.94. The van der Waals surface area contributed by atoms with Crippen molar-refractivity contribution in [2.45, 2.75) is 51.8 Å². The van der Waals surface area contributed by atoms with Gasteiger partial charge in [-0.25, -0.2) is 0 Å². The molecule has 1 fully saturated rings. The predicted octanol–water partition coefficient (Wildman–Crippen LogP) is 3.45. The van der Waals surface area contributed by atoms with Gasteiger partial charge in [-0.3, -0.25) is 14.4 Å². The molecule has 7 nitrogen and oxygen atoms in total. The largest absolute Gasteiger partial charge is 0.492 e. The smallest absolute Gasteiger partial charge is 0.254 e. The van der Waals surface area contributed by atoms with Crippen LogP contribution in [0.2, 0.25) is 0 Å². The Morgan fingerprint density at radius 1 is 1.19 bits per heavy atom. The number of carbonyl (C=O) groups is 1. The summed E-state index contributed by atoms with van der Waals surface area (Å²) in [6.07, 6.45) is 8.57. The van der Waals surface area contributed by atoms with Gasteiger partial charge in [0.05, 0.1) is 12.3 Å². The van der Waals surface area contributed by atoms with E-state index in [2.05, 4.69) is 23.1 Å². The summed E-state index contributed by atoms with van der Waals surface area (Å²) in [5, 5.41) is 4.42. The predicted molar refractivity (Wildman–Crippen MR) is 124 cm³/mol. The van der Waals surface area contributed by atoms with Gasteiger partial charge in [0.25, 0.3) is 5.91 Å². The number of nitrogens with zero attached hydrogens (tertiary/aromatic N) is 4. The Morgan fingerprint density at radius 2 is 2.09 bits per heavy atom. The van der Waals surface area contributed by atoms with E-state index in [0.29, 0.717) is 18.1 Å². The lowest BCUT2D eigenvalue weighted by Crippen LogP contribution is -2.46. The molecule has 2 atom stereocenters. The average molecular weight is 441 g/mol. The fourth-order valence-electron chi connectivity index (χ4n) is 4.91. The number of piperidine rings is 1. The Labute approximate surface area is 191 Å². The summed E-state index contributed by atoms with van der Waals surface area (Å²) in [7, 11) is 1.80. The Balaban J connectivity index is 1.49. The number of aryl methyl sites for hydroxylation is 1. The molecule has 4 rings (SSSR count). The van der Waals surface area contributed by atoms with E-state index in [0.717, 1.165) is 70.7 Å². The highest BCUT2D eigenvalue weighted by Crippen LogP contribution is 2.27. The van der Waals surface area contributed by atoms with Gasteiger partial charge in [-0.1, -0.05) is 12.5 Å². The van der Waals surface area contributed by atoms with Gasteiger partial charge in [-0.15, -0.1) is 0 Å². The molecule has 1 amide bonds. The number of methoxy groups -OCH3 is 1. The molecule has 0 spiro atoms. The molecule has 0 unspecified atom stereocenters. The molecule has 0 saturated carbocycles. The molecule has 0 N–H and O–H groups in total. The second kappa shape index (κ2) is 11.0. The maximum atomic E-state index is 13.1. The van der Waals surface area contributed by atoms with E-state index in [1.165, 1.54) is 5.56 Å². The number of rotatable bonds is 4. The first-order valence-electron chi connectivity index (χ1n) is 11.9. The standard InChI is InChI=1S/C25H36N4O3/c1-3-29-18-20(16-26-29)17-27-11-5-4-7-22-19-28(12-10-24(22)31-2)25(30)21-8-6-9-23(15-21)32-14-13-27/h6,8-9,15-16,18,22,24H,3-5,7,10-14,17,19H2,1-2H3/t22-,24+/m0/s1. The highest BCUT2D eigenvalue weighted by molar-refractivity contribution is 5.94. The second-order valence-corrected chi connectivity index (χ2v) is 8.93. The van der Waals surface area contributed by atoms with Crippen LogP contribution in [0.25, 0.3) is 0 Å². The quantitative estimate of drug-likeness (QED) is 0.729. The van der Waals surface area contributed by atoms with Crippen LogP contribution in [0, 0.1) is 5.92 Å². The van der Waals surface area contributed by atoms with Gasteiger partial charge in [-0.05, 0) is 50.9 Å². The van der Waals surface area contributed by atoms with E-state index in [4.69, 9.17) is 9.47 Å². The summed E-state index contributed by atoms with van der Waals surface area (Å²) >= 11 is 0. The molecule has 1 aromatic carbocycles. The topological polar surface area (TPSA) is 59.8 Å². The fourth-order valence-corrected chi connectivity index (χ4v) is 4.91. The zero-order valence-electron chi connectivity index (χ0n) is 19.4. The normalized spacial score (nSPS) is 23.3. The molecule has 2 aliphatic heterocycles. The van der Waals surface area contributed by atoms with E-state index in [-0.39, 0.29) is 12.0 Å². The molecule has 3 heterocycles. The lowest BCUT2D eigenvalue weighted by Gasteiger charge is -2.38. The molecule has 1 aromatic heterocycles. The Bertz CT molecular complexity index is 884. The number of fused-ring (bicyclic) bond motifs is 4. The van der Waals surface area contributed by atoms with Crippen molar-refractivity contribution in [2.75, 3.05) is 39.9 Å².